The first-order valence-electron chi connectivity index (χ1n) is 6.02. The summed E-state index contributed by atoms with van der Waals surface area (Å²) < 4.78 is 0. The zero-order chi connectivity index (χ0) is 12.1. The maximum atomic E-state index is 4.06. The molecule has 15 heavy (non-hydrogen) atoms. The average Bonchev–Trinajstić information content (AvgIpc) is 1.92. The molecule has 0 rings (SSSR count). The number of allylic oxidation sites excluding steroid dienone is 1. The van der Waals surface area contributed by atoms with Gasteiger partial charge >= 0.3 is 0 Å². The Labute approximate surface area is 96.3 Å². The standard InChI is InChI=1S/C14H29N/c1-12(11-14(5,6)7)15-10-8-9-13(2,3)4/h15H,1,8-11H2,2-7H3. The molecule has 0 heterocycles. The van der Waals surface area contributed by atoms with Crippen LogP contribution in [0.25, 0.3) is 0 Å². The van der Waals surface area contributed by atoms with Crippen molar-refractivity contribution in [1.29, 1.82) is 0 Å². The van der Waals surface area contributed by atoms with Crippen molar-refractivity contribution >= 4 is 0 Å². The first-order chi connectivity index (χ1) is 6.60. The van der Waals surface area contributed by atoms with E-state index in [1.807, 2.05) is 0 Å². The summed E-state index contributed by atoms with van der Waals surface area (Å²) in [5.74, 6) is 0. The molecule has 0 aliphatic carbocycles. The second-order valence-corrected chi connectivity index (χ2v) is 6.93. The molecule has 1 N–H and O–H groups in total. The zero-order valence-electron chi connectivity index (χ0n) is 11.5. The van der Waals surface area contributed by atoms with E-state index in [4.69, 9.17) is 0 Å². The van der Waals surface area contributed by atoms with E-state index < -0.39 is 0 Å². The molecule has 1 heteroatoms. The van der Waals surface area contributed by atoms with E-state index in [0.29, 0.717) is 10.8 Å². The molecule has 0 aromatic rings. The molecule has 0 bridgehead atoms. The van der Waals surface area contributed by atoms with Gasteiger partial charge in [0.05, 0.1) is 0 Å². The highest BCUT2D eigenvalue weighted by atomic mass is 14.9. The average molecular weight is 211 g/mol. The predicted molar refractivity (Wildman–Crippen MR) is 69.9 cm³/mol. The maximum Gasteiger partial charge on any atom is 0.0143 e. The molecule has 0 saturated carbocycles. The van der Waals surface area contributed by atoms with Gasteiger partial charge in [-0.3, -0.25) is 0 Å². The van der Waals surface area contributed by atoms with Gasteiger partial charge in [0.2, 0.25) is 0 Å². The van der Waals surface area contributed by atoms with Gasteiger partial charge < -0.3 is 5.32 Å². The molecule has 0 fully saturated rings. The van der Waals surface area contributed by atoms with Crippen LogP contribution in [0.2, 0.25) is 0 Å². The monoisotopic (exact) mass is 211 g/mol. The Hall–Kier alpha value is -0.460. The Kier molecular flexibility index (Phi) is 5.41. The van der Waals surface area contributed by atoms with Crippen LogP contribution in [-0.2, 0) is 0 Å². The van der Waals surface area contributed by atoms with E-state index in [-0.39, 0.29) is 0 Å². The Morgan fingerprint density at radius 3 is 1.93 bits per heavy atom. The summed E-state index contributed by atoms with van der Waals surface area (Å²) in [4.78, 5) is 0. The lowest BCUT2D eigenvalue weighted by Gasteiger charge is -2.22. The molecule has 0 aliphatic heterocycles. The molecule has 0 aliphatic rings. The summed E-state index contributed by atoms with van der Waals surface area (Å²) in [5.41, 5.74) is 1.97. The number of rotatable bonds is 5. The fourth-order valence-electron chi connectivity index (χ4n) is 1.59. The normalized spacial score (nSPS) is 12.7. The molecule has 1 nitrogen and oxygen atoms in total. The van der Waals surface area contributed by atoms with E-state index >= 15 is 0 Å². The smallest absolute Gasteiger partial charge is 0.0143 e. The SMILES string of the molecule is C=C(CC(C)(C)C)NCCCC(C)(C)C. The summed E-state index contributed by atoms with van der Waals surface area (Å²) in [5, 5.41) is 3.42. The molecular weight excluding hydrogens is 182 g/mol. The van der Waals surface area contributed by atoms with E-state index in [1.165, 1.54) is 18.5 Å². The van der Waals surface area contributed by atoms with Gasteiger partial charge in [-0.05, 0) is 30.1 Å². The van der Waals surface area contributed by atoms with Crippen LogP contribution in [-0.4, -0.2) is 6.54 Å². The van der Waals surface area contributed by atoms with Crippen molar-refractivity contribution < 1.29 is 0 Å². The summed E-state index contributed by atoms with van der Waals surface area (Å²) in [6.45, 7) is 18.7. The highest BCUT2D eigenvalue weighted by Gasteiger charge is 2.12. The van der Waals surface area contributed by atoms with Crippen molar-refractivity contribution in [3.8, 4) is 0 Å². The molecule has 0 unspecified atom stereocenters. The number of hydrogen-bond donors (Lipinski definition) is 1. The fourth-order valence-corrected chi connectivity index (χ4v) is 1.59. The minimum atomic E-state index is 0.341. The van der Waals surface area contributed by atoms with Gasteiger partial charge in [-0.15, -0.1) is 0 Å². The lowest BCUT2D eigenvalue weighted by atomic mass is 9.90. The molecule has 0 aromatic carbocycles. The molecule has 0 atom stereocenters. The highest BCUT2D eigenvalue weighted by Crippen LogP contribution is 2.22. The maximum absolute atomic E-state index is 4.06. The van der Waals surface area contributed by atoms with Crippen LogP contribution in [0.1, 0.15) is 60.8 Å². The molecule has 0 amide bonds. The van der Waals surface area contributed by atoms with Gasteiger partial charge in [-0.2, -0.15) is 0 Å². The van der Waals surface area contributed by atoms with Gasteiger partial charge in [0, 0.05) is 12.2 Å². The van der Waals surface area contributed by atoms with Gasteiger partial charge in [0.25, 0.3) is 0 Å². The minimum Gasteiger partial charge on any atom is -0.389 e. The third-order valence-electron chi connectivity index (χ3n) is 2.22. The largest absolute Gasteiger partial charge is 0.389 e. The van der Waals surface area contributed by atoms with Crippen molar-refractivity contribution in [1.82, 2.24) is 5.32 Å². The summed E-state index contributed by atoms with van der Waals surface area (Å²) in [6.07, 6.45) is 3.55. The minimum absolute atomic E-state index is 0.341. The molecule has 0 radical (unpaired) electrons. The van der Waals surface area contributed by atoms with Gasteiger partial charge in [-0.25, -0.2) is 0 Å². The topological polar surface area (TPSA) is 12.0 Å². The second kappa shape index (κ2) is 5.58. The lowest BCUT2D eigenvalue weighted by molar-refractivity contribution is 0.358. The molecule has 0 saturated heterocycles. The first-order valence-corrected chi connectivity index (χ1v) is 6.02. The van der Waals surface area contributed by atoms with Crippen molar-refractivity contribution in [3.63, 3.8) is 0 Å². The number of nitrogens with one attached hydrogen (secondary N) is 1. The summed E-state index contributed by atoms with van der Waals surface area (Å²) >= 11 is 0. The second-order valence-electron chi connectivity index (χ2n) is 6.93. The van der Waals surface area contributed by atoms with E-state index in [2.05, 4.69) is 53.4 Å². The highest BCUT2D eigenvalue weighted by molar-refractivity contribution is 4.94. The number of hydrogen-bond acceptors (Lipinski definition) is 1. The molecule has 90 valence electrons. The lowest BCUT2D eigenvalue weighted by Crippen LogP contribution is -2.20. The van der Waals surface area contributed by atoms with Crippen molar-refractivity contribution in [2.75, 3.05) is 6.54 Å². The molecular formula is C14H29N. The van der Waals surface area contributed by atoms with Gasteiger partial charge in [-0.1, -0.05) is 48.1 Å². The summed E-state index contributed by atoms with van der Waals surface area (Å²) in [7, 11) is 0. The Morgan fingerprint density at radius 2 is 1.53 bits per heavy atom. The van der Waals surface area contributed by atoms with Crippen LogP contribution < -0.4 is 5.32 Å². The quantitative estimate of drug-likeness (QED) is 0.667. The van der Waals surface area contributed by atoms with Crippen LogP contribution >= 0.6 is 0 Å². The van der Waals surface area contributed by atoms with Crippen LogP contribution in [0, 0.1) is 10.8 Å². The van der Waals surface area contributed by atoms with E-state index in [0.717, 1.165) is 13.0 Å². The fraction of sp³-hybridized carbons (Fsp3) is 0.857. The molecule has 0 aromatic heterocycles. The van der Waals surface area contributed by atoms with E-state index in [1.54, 1.807) is 0 Å². The Bertz CT molecular complexity index is 190. The van der Waals surface area contributed by atoms with Crippen LogP contribution in [0.3, 0.4) is 0 Å². The molecule has 0 spiro atoms. The summed E-state index contributed by atoms with van der Waals surface area (Å²) in [6, 6.07) is 0. The zero-order valence-corrected chi connectivity index (χ0v) is 11.5. The van der Waals surface area contributed by atoms with Crippen LogP contribution in [0.5, 0.6) is 0 Å². The van der Waals surface area contributed by atoms with Crippen LogP contribution in [0.15, 0.2) is 12.3 Å². The van der Waals surface area contributed by atoms with E-state index in [9.17, 15) is 0 Å². The first kappa shape index (κ1) is 14.5. The van der Waals surface area contributed by atoms with Crippen LogP contribution in [0.4, 0.5) is 0 Å². The van der Waals surface area contributed by atoms with Crippen molar-refractivity contribution in [2.24, 2.45) is 10.8 Å². The third kappa shape index (κ3) is 11.5. The van der Waals surface area contributed by atoms with Gasteiger partial charge in [0.1, 0.15) is 0 Å². The van der Waals surface area contributed by atoms with Crippen molar-refractivity contribution in [3.05, 3.63) is 12.3 Å². The van der Waals surface area contributed by atoms with Gasteiger partial charge in [0.15, 0.2) is 0 Å². The Morgan fingerprint density at radius 1 is 1.00 bits per heavy atom. The third-order valence-corrected chi connectivity index (χ3v) is 2.22. The van der Waals surface area contributed by atoms with Crippen molar-refractivity contribution in [2.45, 2.75) is 60.8 Å². The predicted octanol–water partition coefficient (Wildman–Crippen LogP) is 4.35. The Balaban J connectivity index is 3.57.